The van der Waals surface area contributed by atoms with Crippen LogP contribution >= 0.6 is 11.3 Å². The van der Waals surface area contributed by atoms with E-state index >= 15 is 0 Å². The highest BCUT2D eigenvalue weighted by molar-refractivity contribution is 7.89. The maximum atomic E-state index is 13.6. The average Bonchev–Trinajstić information content (AvgIpc) is 3.32. The molecule has 1 aliphatic rings. The van der Waals surface area contributed by atoms with Gasteiger partial charge in [-0.3, -0.25) is 14.9 Å². The van der Waals surface area contributed by atoms with Crippen LogP contribution in [0.1, 0.15) is 35.4 Å². The number of amides is 1. The lowest BCUT2D eigenvalue weighted by atomic mass is 9.93. The third-order valence-electron chi connectivity index (χ3n) is 5.87. The lowest BCUT2D eigenvalue weighted by molar-refractivity contribution is -0.384. The van der Waals surface area contributed by atoms with E-state index in [0.717, 1.165) is 29.7 Å². The van der Waals surface area contributed by atoms with Crippen molar-refractivity contribution >= 4 is 33.0 Å². The largest absolute Gasteiger partial charge is 0.330 e. The Labute approximate surface area is 202 Å². The summed E-state index contributed by atoms with van der Waals surface area (Å²) in [4.78, 5) is 26.8. The number of hydrogen-bond donors (Lipinski definition) is 0. The summed E-state index contributed by atoms with van der Waals surface area (Å²) in [6.07, 6.45) is 1.25. The second-order valence-corrected chi connectivity index (χ2v) is 11.0. The van der Waals surface area contributed by atoms with Gasteiger partial charge in [0, 0.05) is 30.1 Å². The molecule has 1 unspecified atom stereocenters. The van der Waals surface area contributed by atoms with E-state index in [1.54, 1.807) is 16.2 Å². The van der Waals surface area contributed by atoms with Crippen LogP contribution in [-0.2, 0) is 21.2 Å². The molecule has 34 heavy (non-hydrogen) atoms. The fourth-order valence-electron chi connectivity index (χ4n) is 4.24. The molecule has 1 amide bonds. The van der Waals surface area contributed by atoms with E-state index in [-0.39, 0.29) is 35.6 Å². The number of thiophene rings is 1. The molecule has 0 saturated carbocycles. The topological polar surface area (TPSA) is 101 Å². The Bertz CT molecular complexity index is 1270. The molecule has 2 heterocycles. The smallest absolute Gasteiger partial charge is 0.269 e. The van der Waals surface area contributed by atoms with Gasteiger partial charge in [-0.1, -0.05) is 37.3 Å². The molecule has 10 heteroatoms. The van der Waals surface area contributed by atoms with Gasteiger partial charge in [0.15, 0.2) is 0 Å². The molecule has 0 radical (unpaired) electrons. The highest BCUT2D eigenvalue weighted by atomic mass is 32.2. The van der Waals surface area contributed by atoms with Gasteiger partial charge in [0.05, 0.1) is 22.4 Å². The van der Waals surface area contributed by atoms with Gasteiger partial charge in [-0.25, -0.2) is 8.42 Å². The van der Waals surface area contributed by atoms with Crippen molar-refractivity contribution in [3.8, 4) is 0 Å². The van der Waals surface area contributed by atoms with Crippen LogP contribution in [0.3, 0.4) is 0 Å². The number of sulfonamides is 1. The number of nitro benzene ring substituents is 1. The van der Waals surface area contributed by atoms with E-state index in [1.165, 1.54) is 21.3 Å². The number of non-ortho nitro benzene ring substituents is 1. The number of fused-ring (bicyclic) bond motifs is 1. The van der Waals surface area contributed by atoms with Crippen molar-refractivity contribution in [1.82, 2.24) is 9.21 Å². The highest BCUT2D eigenvalue weighted by Gasteiger charge is 2.35. The van der Waals surface area contributed by atoms with E-state index in [1.807, 2.05) is 48.7 Å². The fourth-order valence-corrected chi connectivity index (χ4v) is 6.63. The van der Waals surface area contributed by atoms with Crippen molar-refractivity contribution in [2.24, 2.45) is 0 Å². The predicted octanol–water partition coefficient (Wildman–Crippen LogP) is 4.23. The molecular formula is C24H25N3O5S2. The molecule has 1 aliphatic heterocycles. The molecule has 4 rings (SSSR count). The minimum absolute atomic E-state index is 0.0716. The normalized spacial score (nSPS) is 15.8. The summed E-state index contributed by atoms with van der Waals surface area (Å²) < 4.78 is 27.8. The number of carbonyl (C=O) groups excluding carboxylic acids is 1. The zero-order valence-corrected chi connectivity index (χ0v) is 20.3. The number of nitrogens with zero attached hydrogens (tertiary/aromatic N) is 3. The summed E-state index contributed by atoms with van der Waals surface area (Å²) in [6.45, 7) is 2.21. The Morgan fingerprint density at radius 1 is 1.15 bits per heavy atom. The Kier molecular flexibility index (Phi) is 7.11. The van der Waals surface area contributed by atoms with Crippen LogP contribution < -0.4 is 0 Å². The van der Waals surface area contributed by atoms with Gasteiger partial charge in [-0.15, -0.1) is 11.3 Å². The van der Waals surface area contributed by atoms with Crippen LogP contribution in [-0.4, -0.2) is 48.1 Å². The first-order valence-corrected chi connectivity index (χ1v) is 13.3. The van der Waals surface area contributed by atoms with Gasteiger partial charge in [0.2, 0.25) is 15.9 Å². The quantitative estimate of drug-likeness (QED) is 0.341. The number of nitro groups is 1. The molecule has 0 fully saturated rings. The fraction of sp³-hybridized carbons (Fsp3) is 0.292. The Balaban J connectivity index is 1.62. The van der Waals surface area contributed by atoms with Crippen molar-refractivity contribution in [3.05, 3.63) is 92.2 Å². The summed E-state index contributed by atoms with van der Waals surface area (Å²) in [5.41, 5.74) is 1.87. The van der Waals surface area contributed by atoms with Crippen LogP contribution in [0.2, 0.25) is 0 Å². The molecule has 3 aromatic rings. The molecule has 0 aliphatic carbocycles. The van der Waals surface area contributed by atoms with Gasteiger partial charge in [-0.05, 0) is 47.5 Å². The van der Waals surface area contributed by atoms with E-state index in [0.29, 0.717) is 13.0 Å². The van der Waals surface area contributed by atoms with Crippen molar-refractivity contribution < 1.29 is 18.1 Å². The standard InChI is InChI=1S/C24H25N3O5S2/c1-2-14-25(34(31,32)20-10-8-19(9-11-20)27(29)30)17-23(28)26-15-12-22-21(13-16-33-22)24(26)18-6-4-3-5-7-18/h3-11,13,16,24H,2,12,14-15,17H2,1H3. The third-order valence-corrected chi connectivity index (χ3v) is 8.73. The number of rotatable bonds is 8. The summed E-state index contributed by atoms with van der Waals surface area (Å²) in [7, 11) is -4.01. The van der Waals surface area contributed by atoms with Crippen LogP contribution in [0.5, 0.6) is 0 Å². The lowest BCUT2D eigenvalue weighted by Gasteiger charge is -2.37. The third kappa shape index (κ3) is 4.75. The van der Waals surface area contributed by atoms with Crippen LogP contribution in [0.25, 0.3) is 0 Å². The van der Waals surface area contributed by atoms with Gasteiger partial charge in [-0.2, -0.15) is 4.31 Å². The van der Waals surface area contributed by atoms with Gasteiger partial charge >= 0.3 is 0 Å². The SMILES string of the molecule is CCCN(CC(=O)N1CCc2sccc2C1c1ccccc1)S(=O)(=O)c1ccc([N+](=O)[O-])cc1. The molecule has 178 valence electrons. The summed E-state index contributed by atoms with van der Waals surface area (Å²) >= 11 is 1.67. The van der Waals surface area contributed by atoms with E-state index in [2.05, 4.69) is 0 Å². The molecule has 1 atom stereocenters. The maximum Gasteiger partial charge on any atom is 0.269 e. The first-order chi connectivity index (χ1) is 16.3. The first-order valence-electron chi connectivity index (χ1n) is 11.0. The van der Waals surface area contributed by atoms with Crippen molar-refractivity contribution in [2.45, 2.75) is 30.7 Å². The zero-order valence-electron chi connectivity index (χ0n) is 18.7. The number of hydrogen-bond acceptors (Lipinski definition) is 6. The zero-order chi connectivity index (χ0) is 24.3. The van der Waals surface area contributed by atoms with Crippen molar-refractivity contribution in [1.29, 1.82) is 0 Å². The molecule has 8 nitrogen and oxygen atoms in total. The average molecular weight is 500 g/mol. The second-order valence-electron chi connectivity index (χ2n) is 8.04. The molecule has 0 bridgehead atoms. The number of carbonyl (C=O) groups is 1. The lowest BCUT2D eigenvalue weighted by Crippen LogP contribution is -2.46. The van der Waals surface area contributed by atoms with Gasteiger partial charge < -0.3 is 4.90 Å². The monoisotopic (exact) mass is 499 g/mol. The summed E-state index contributed by atoms with van der Waals surface area (Å²) in [5, 5.41) is 13.0. The van der Waals surface area contributed by atoms with Crippen molar-refractivity contribution in [3.63, 3.8) is 0 Å². The van der Waals surface area contributed by atoms with E-state index in [4.69, 9.17) is 0 Å². The van der Waals surface area contributed by atoms with Gasteiger partial charge in [0.1, 0.15) is 0 Å². The van der Waals surface area contributed by atoms with E-state index < -0.39 is 14.9 Å². The van der Waals surface area contributed by atoms with Crippen LogP contribution in [0.15, 0.2) is 70.9 Å². The molecule has 0 spiro atoms. The molecule has 0 N–H and O–H groups in total. The Morgan fingerprint density at radius 3 is 2.50 bits per heavy atom. The second kappa shape index (κ2) is 10.0. The Morgan fingerprint density at radius 2 is 1.85 bits per heavy atom. The minimum Gasteiger partial charge on any atom is -0.330 e. The molecule has 1 aromatic heterocycles. The van der Waals surface area contributed by atoms with Crippen molar-refractivity contribution in [2.75, 3.05) is 19.6 Å². The van der Waals surface area contributed by atoms with Crippen LogP contribution in [0.4, 0.5) is 5.69 Å². The molecular weight excluding hydrogens is 474 g/mol. The summed E-state index contributed by atoms with van der Waals surface area (Å²) in [6, 6.07) is 16.3. The Hall–Kier alpha value is -3.08. The summed E-state index contributed by atoms with van der Waals surface area (Å²) in [5.74, 6) is -0.273. The molecule has 0 saturated heterocycles. The van der Waals surface area contributed by atoms with E-state index in [9.17, 15) is 23.3 Å². The highest BCUT2D eigenvalue weighted by Crippen LogP contribution is 2.38. The minimum atomic E-state index is -4.01. The number of benzene rings is 2. The first kappa shape index (κ1) is 24.1. The maximum absolute atomic E-state index is 13.6. The van der Waals surface area contributed by atoms with Crippen LogP contribution in [0, 0.1) is 10.1 Å². The predicted molar refractivity (Wildman–Crippen MR) is 130 cm³/mol. The van der Waals surface area contributed by atoms with Gasteiger partial charge in [0.25, 0.3) is 5.69 Å². The molecule has 2 aromatic carbocycles.